The largest absolute Gasteiger partial charge is 0.399 e. The van der Waals surface area contributed by atoms with Gasteiger partial charge in [-0.15, -0.1) is 0 Å². The van der Waals surface area contributed by atoms with E-state index in [1.165, 1.54) is 0 Å². The molecule has 1 aromatic rings. The average molecular weight is 236 g/mol. The number of carbonyl (C=O) groups excluding carboxylic acids is 1. The minimum Gasteiger partial charge on any atom is -0.399 e. The summed E-state index contributed by atoms with van der Waals surface area (Å²) in [4.78, 5) is 11.9. The van der Waals surface area contributed by atoms with Gasteiger partial charge in [0.2, 0.25) is 0 Å². The van der Waals surface area contributed by atoms with Crippen molar-refractivity contribution < 1.29 is 9.90 Å². The van der Waals surface area contributed by atoms with Gasteiger partial charge < -0.3 is 16.2 Å². The number of rotatable bonds is 5. The van der Waals surface area contributed by atoms with E-state index in [2.05, 4.69) is 19.2 Å². The van der Waals surface area contributed by atoms with Crippen molar-refractivity contribution in [2.24, 2.45) is 5.92 Å². The SMILES string of the molecule is CC(C)CC(CO)NC(=O)c1cccc(N)c1. The zero-order valence-corrected chi connectivity index (χ0v) is 10.3. The number of anilines is 1. The number of nitrogens with one attached hydrogen (secondary N) is 1. The zero-order chi connectivity index (χ0) is 12.8. The molecule has 1 amide bonds. The predicted octanol–water partition coefficient (Wildman–Crippen LogP) is 1.41. The third-order valence-corrected chi connectivity index (χ3v) is 2.46. The molecule has 1 aromatic carbocycles. The van der Waals surface area contributed by atoms with Crippen LogP contribution < -0.4 is 11.1 Å². The van der Waals surface area contributed by atoms with Crippen LogP contribution in [-0.2, 0) is 0 Å². The van der Waals surface area contributed by atoms with Crippen LogP contribution in [0.4, 0.5) is 5.69 Å². The molecule has 4 heteroatoms. The van der Waals surface area contributed by atoms with Crippen molar-refractivity contribution in [3.8, 4) is 0 Å². The van der Waals surface area contributed by atoms with Crippen LogP contribution in [0.1, 0.15) is 30.6 Å². The minimum absolute atomic E-state index is 0.0494. The van der Waals surface area contributed by atoms with E-state index in [0.717, 1.165) is 6.42 Å². The summed E-state index contributed by atoms with van der Waals surface area (Å²) in [6, 6.07) is 6.59. The summed E-state index contributed by atoms with van der Waals surface area (Å²) in [6.45, 7) is 4.05. The molecule has 1 atom stereocenters. The maximum atomic E-state index is 11.9. The van der Waals surface area contributed by atoms with Gasteiger partial charge in [-0.05, 0) is 30.5 Å². The predicted molar refractivity (Wildman–Crippen MR) is 68.6 cm³/mol. The summed E-state index contributed by atoms with van der Waals surface area (Å²) < 4.78 is 0. The fourth-order valence-electron chi connectivity index (χ4n) is 1.70. The lowest BCUT2D eigenvalue weighted by Gasteiger charge is -2.18. The fourth-order valence-corrected chi connectivity index (χ4v) is 1.70. The van der Waals surface area contributed by atoms with Crippen LogP contribution in [0.15, 0.2) is 24.3 Å². The van der Waals surface area contributed by atoms with Crippen molar-refractivity contribution in [3.63, 3.8) is 0 Å². The van der Waals surface area contributed by atoms with E-state index in [4.69, 9.17) is 5.73 Å². The van der Waals surface area contributed by atoms with Crippen LogP contribution in [0.2, 0.25) is 0 Å². The Morgan fingerprint density at radius 2 is 2.18 bits per heavy atom. The number of aliphatic hydroxyl groups excluding tert-OH is 1. The first-order valence-electron chi connectivity index (χ1n) is 5.80. The number of aliphatic hydroxyl groups is 1. The first-order chi connectivity index (χ1) is 8.02. The Morgan fingerprint density at radius 3 is 2.71 bits per heavy atom. The van der Waals surface area contributed by atoms with Crippen molar-refractivity contribution in [1.29, 1.82) is 0 Å². The van der Waals surface area contributed by atoms with Crippen molar-refractivity contribution in [3.05, 3.63) is 29.8 Å². The number of nitrogens with two attached hydrogens (primary N) is 1. The third-order valence-electron chi connectivity index (χ3n) is 2.46. The Labute approximate surface area is 102 Å². The summed E-state index contributed by atoms with van der Waals surface area (Å²) in [5.74, 6) is 0.227. The number of hydrogen-bond acceptors (Lipinski definition) is 3. The fraction of sp³-hybridized carbons (Fsp3) is 0.462. The summed E-state index contributed by atoms with van der Waals surface area (Å²) in [6.07, 6.45) is 0.755. The highest BCUT2D eigenvalue weighted by Crippen LogP contribution is 2.08. The van der Waals surface area contributed by atoms with Crippen LogP contribution in [0.25, 0.3) is 0 Å². The molecule has 0 spiro atoms. The maximum Gasteiger partial charge on any atom is 0.251 e. The zero-order valence-electron chi connectivity index (χ0n) is 10.3. The van der Waals surface area contributed by atoms with Gasteiger partial charge in [0.1, 0.15) is 0 Å². The Balaban J connectivity index is 2.64. The molecule has 0 aliphatic rings. The Kier molecular flexibility index (Phi) is 4.97. The Morgan fingerprint density at radius 1 is 1.47 bits per heavy atom. The lowest BCUT2D eigenvalue weighted by Crippen LogP contribution is -2.38. The first kappa shape index (κ1) is 13.5. The smallest absolute Gasteiger partial charge is 0.251 e. The second kappa shape index (κ2) is 6.25. The van der Waals surface area contributed by atoms with E-state index in [1.807, 2.05) is 0 Å². The van der Waals surface area contributed by atoms with Crippen LogP contribution in [-0.4, -0.2) is 23.7 Å². The molecule has 1 rings (SSSR count). The quantitative estimate of drug-likeness (QED) is 0.676. The highest BCUT2D eigenvalue weighted by molar-refractivity contribution is 5.95. The molecule has 0 heterocycles. The normalized spacial score (nSPS) is 12.5. The van der Waals surface area contributed by atoms with Gasteiger partial charge in [-0.3, -0.25) is 4.79 Å². The van der Waals surface area contributed by atoms with Gasteiger partial charge in [0.15, 0.2) is 0 Å². The first-order valence-corrected chi connectivity index (χ1v) is 5.80. The topological polar surface area (TPSA) is 75.3 Å². The molecule has 0 saturated carbocycles. The monoisotopic (exact) mass is 236 g/mol. The van der Waals surface area contributed by atoms with Crippen molar-refractivity contribution >= 4 is 11.6 Å². The highest BCUT2D eigenvalue weighted by atomic mass is 16.3. The van der Waals surface area contributed by atoms with Crippen LogP contribution in [0, 0.1) is 5.92 Å². The van der Waals surface area contributed by atoms with Crippen LogP contribution >= 0.6 is 0 Å². The minimum atomic E-state index is -0.205. The molecule has 0 aliphatic carbocycles. The van der Waals surface area contributed by atoms with Gasteiger partial charge >= 0.3 is 0 Å². The van der Waals surface area contributed by atoms with E-state index in [0.29, 0.717) is 17.2 Å². The maximum absolute atomic E-state index is 11.9. The molecule has 0 aliphatic heterocycles. The summed E-state index contributed by atoms with van der Waals surface area (Å²) in [5, 5.41) is 12.0. The standard InChI is InChI=1S/C13H20N2O2/c1-9(2)6-12(8-16)15-13(17)10-4-3-5-11(14)7-10/h3-5,7,9,12,16H,6,8,14H2,1-2H3,(H,15,17). The van der Waals surface area contributed by atoms with Gasteiger partial charge in [0, 0.05) is 11.3 Å². The molecule has 0 saturated heterocycles. The van der Waals surface area contributed by atoms with Crippen LogP contribution in [0.5, 0.6) is 0 Å². The van der Waals surface area contributed by atoms with E-state index in [-0.39, 0.29) is 18.6 Å². The molecule has 0 fully saturated rings. The molecule has 0 aromatic heterocycles. The molecule has 0 radical (unpaired) electrons. The lowest BCUT2D eigenvalue weighted by atomic mass is 10.0. The molecule has 94 valence electrons. The second-order valence-electron chi connectivity index (χ2n) is 4.61. The molecule has 1 unspecified atom stereocenters. The highest BCUT2D eigenvalue weighted by Gasteiger charge is 2.14. The molecule has 17 heavy (non-hydrogen) atoms. The Hall–Kier alpha value is -1.55. The van der Waals surface area contributed by atoms with Gasteiger partial charge in [-0.2, -0.15) is 0 Å². The summed E-state index contributed by atoms with van der Waals surface area (Å²) >= 11 is 0. The van der Waals surface area contributed by atoms with E-state index in [1.54, 1.807) is 24.3 Å². The average Bonchev–Trinajstić information content (AvgIpc) is 2.27. The Bertz CT molecular complexity index is 377. The summed E-state index contributed by atoms with van der Waals surface area (Å²) in [7, 11) is 0. The molecule has 4 nitrogen and oxygen atoms in total. The number of benzene rings is 1. The van der Waals surface area contributed by atoms with Crippen LogP contribution in [0.3, 0.4) is 0 Å². The van der Waals surface area contributed by atoms with Gasteiger partial charge in [0.05, 0.1) is 12.6 Å². The second-order valence-corrected chi connectivity index (χ2v) is 4.61. The lowest BCUT2D eigenvalue weighted by molar-refractivity contribution is 0.0908. The summed E-state index contributed by atoms with van der Waals surface area (Å²) in [5.41, 5.74) is 6.69. The molecule has 0 bridgehead atoms. The number of hydrogen-bond donors (Lipinski definition) is 3. The van der Waals surface area contributed by atoms with E-state index >= 15 is 0 Å². The van der Waals surface area contributed by atoms with Gasteiger partial charge in [-0.1, -0.05) is 19.9 Å². The number of amides is 1. The molecular weight excluding hydrogens is 216 g/mol. The molecule has 4 N–H and O–H groups in total. The number of nitrogen functional groups attached to an aromatic ring is 1. The van der Waals surface area contributed by atoms with E-state index < -0.39 is 0 Å². The van der Waals surface area contributed by atoms with Crippen molar-refractivity contribution in [1.82, 2.24) is 5.32 Å². The van der Waals surface area contributed by atoms with Gasteiger partial charge in [-0.25, -0.2) is 0 Å². The van der Waals surface area contributed by atoms with Crippen molar-refractivity contribution in [2.45, 2.75) is 26.3 Å². The third kappa shape index (κ3) is 4.44. The van der Waals surface area contributed by atoms with Crippen molar-refractivity contribution in [2.75, 3.05) is 12.3 Å². The van der Waals surface area contributed by atoms with E-state index in [9.17, 15) is 9.90 Å². The number of carbonyl (C=O) groups is 1. The molecular formula is C13H20N2O2. The van der Waals surface area contributed by atoms with Gasteiger partial charge in [0.25, 0.3) is 5.91 Å².